The Labute approximate surface area is 89.1 Å². The third kappa shape index (κ3) is 6.94. The van der Waals surface area contributed by atoms with Crippen LogP contribution in [0, 0.1) is 17.8 Å². The minimum atomic E-state index is 0.573. The summed E-state index contributed by atoms with van der Waals surface area (Å²) < 4.78 is 0. The van der Waals surface area contributed by atoms with Crippen LogP contribution in [-0.2, 0) is 0 Å². The highest BCUT2D eigenvalue weighted by Gasteiger charge is 2.12. The maximum atomic E-state index is 3.54. The van der Waals surface area contributed by atoms with Gasteiger partial charge >= 0.3 is 0 Å². The minimum absolute atomic E-state index is 0.573. The van der Waals surface area contributed by atoms with E-state index in [1.165, 1.54) is 0 Å². The highest BCUT2D eigenvalue weighted by Crippen LogP contribution is 2.02. The molecule has 0 heterocycles. The Hall–Kier alpha value is -0.520. The molecule has 0 spiro atoms. The zero-order valence-electron chi connectivity index (χ0n) is 10.2. The van der Waals surface area contributed by atoms with E-state index in [-0.39, 0.29) is 0 Å². The highest BCUT2D eigenvalue weighted by atomic mass is 15.1. The second-order valence-corrected chi connectivity index (χ2v) is 4.24. The van der Waals surface area contributed by atoms with Crippen molar-refractivity contribution in [1.82, 2.24) is 10.2 Å². The number of nitrogens with one attached hydrogen (secondary N) is 1. The van der Waals surface area contributed by atoms with Crippen LogP contribution in [-0.4, -0.2) is 38.1 Å². The average Bonchev–Trinajstić information content (AvgIpc) is 2.09. The van der Waals surface area contributed by atoms with Gasteiger partial charge in [-0.3, -0.25) is 0 Å². The van der Waals surface area contributed by atoms with E-state index in [0.29, 0.717) is 12.0 Å². The Kier molecular flexibility index (Phi) is 7.55. The molecule has 0 aliphatic rings. The third-order valence-electron chi connectivity index (χ3n) is 2.20. The van der Waals surface area contributed by atoms with Crippen molar-refractivity contribution < 1.29 is 0 Å². The van der Waals surface area contributed by atoms with Crippen molar-refractivity contribution in [3.8, 4) is 11.8 Å². The van der Waals surface area contributed by atoms with Gasteiger partial charge in [-0.1, -0.05) is 13.8 Å². The van der Waals surface area contributed by atoms with Crippen LogP contribution in [0.5, 0.6) is 0 Å². The summed E-state index contributed by atoms with van der Waals surface area (Å²) in [7, 11) is 4.23. The Balaban J connectivity index is 3.77. The first-order valence-electron chi connectivity index (χ1n) is 5.35. The van der Waals surface area contributed by atoms with E-state index in [2.05, 4.69) is 50.0 Å². The monoisotopic (exact) mass is 196 g/mol. The lowest BCUT2D eigenvalue weighted by molar-refractivity contribution is 0.291. The van der Waals surface area contributed by atoms with Gasteiger partial charge in [0.05, 0.1) is 0 Å². The first kappa shape index (κ1) is 13.5. The summed E-state index contributed by atoms with van der Waals surface area (Å²) in [6.45, 7) is 8.49. The zero-order chi connectivity index (χ0) is 11.0. The summed E-state index contributed by atoms with van der Waals surface area (Å²) in [5.74, 6) is 6.65. The lowest BCUT2D eigenvalue weighted by Crippen LogP contribution is -2.42. The molecule has 1 atom stereocenters. The predicted molar refractivity (Wildman–Crippen MR) is 63.2 cm³/mol. The molecule has 1 N–H and O–H groups in total. The molecule has 0 amide bonds. The molecule has 0 aliphatic heterocycles. The standard InChI is InChI=1S/C12H24N2/c1-6-7-8-9-13-12(11(2)3)10-14(4)5/h11-13H,8-10H2,1-5H3. The molecule has 1 unspecified atom stereocenters. The second-order valence-electron chi connectivity index (χ2n) is 4.24. The summed E-state index contributed by atoms with van der Waals surface area (Å²) in [5.41, 5.74) is 0. The lowest BCUT2D eigenvalue weighted by Gasteiger charge is -2.25. The molecule has 2 nitrogen and oxygen atoms in total. The van der Waals surface area contributed by atoms with Crippen molar-refractivity contribution in [3.63, 3.8) is 0 Å². The number of hydrogen-bond donors (Lipinski definition) is 1. The molecular weight excluding hydrogens is 172 g/mol. The summed E-state index contributed by atoms with van der Waals surface area (Å²) in [6.07, 6.45) is 0.952. The van der Waals surface area contributed by atoms with Crippen molar-refractivity contribution in [3.05, 3.63) is 0 Å². The number of rotatable bonds is 6. The first-order valence-corrected chi connectivity index (χ1v) is 5.35. The molecule has 0 radical (unpaired) electrons. The first-order chi connectivity index (χ1) is 6.57. The molecule has 0 bridgehead atoms. The summed E-state index contributed by atoms with van der Waals surface area (Å²) in [4.78, 5) is 2.23. The zero-order valence-corrected chi connectivity index (χ0v) is 10.2. The van der Waals surface area contributed by atoms with Gasteiger partial charge in [0.2, 0.25) is 0 Å². The van der Waals surface area contributed by atoms with Gasteiger partial charge in [0.25, 0.3) is 0 Å². The van der Waals surface area contributed by atoms with E-state index in [0.717, 1.165) is 19.5 Å². The van der Waals surface area contributed by atoms with Gasteiger partial charge in [0.1, 0.15) is 0 Å². The SMILES string of the molecule is CC#CCCNC(CN(C)C)C(C)C. The van der Waals surface area contributed by atoms with E-state index in [9.17, 15) is 0 Å². The van der Waals surface area contributed by atoms with Crippen LogP contribution in [0.25, 0.3) is 0 Å². The number of nitrogens with zero attached hydrogens (tertiary/aromatic N) is 1. The number of hydrogen-bond acceptors (Lipinski definition) is 2. The average molecular weight is 196 g/mol. The Morgan fingerprint density at radius 2 is 1.93 bits per heavy atom. The quantitative estimate of drug-likeness (QED) is 0.512. The molecule has 2 heteroatoms. The maximum Gasteiger partial charge on any atom is 0.0218 e. The van der Waals surface area contributed by atoms with Gasteiger partial charge in [-0.05, 0) is 26.9 Å². The molecule has 0 aromatic heterocycles. The molecule has 0 fully saturated rings. The van der Waals surface area contributed by atoms with Crippen molar-refractivity contribution >= 4 is 0 Å². The van der Waals surface area contributed by atoms with Crippen LogP contribution >= 0.6 is 0 Å². The molecule has 0 rings (SSSR count). The van der Waals surface area contributed by atoms with E-state index in [4.69, 9.17) is 0 Å². The molecule has 0 aliphatic carbocycles. The van der Waals surface area contributed by atoms with Crippen LogP contribution in [0.4, 0.5) is 0 Å². The summed E-state index contributed by atoms with van der Waals surface area (Å²) in [6, 6.07) is 0.573. The van der Waals surface area contributed by atoms with Crippen LogP contribution in [0.2, 0.25) is 0 Å². The smallest absolute Gasteiger partial charge is 0.0218 e. The Morgan fingerprint density at radius 3 is 2.36 bits per heavy atom. The van der Waals surface area contributed by atoms with Crippen molar-refractivity contribution in [2.45, 2.75) is 33.2 Å². The van der Waals surface area contributed by atoms with Crippen molar-refractivity contribution in [1.29, 1.82) is 0 Å². The Bertz CT molecular complexity index is 186. The van der Waals surface area contributed by atoms with Crippen LogP contribution in [0.15, 0.2) is 0 Å². The van der Waals surface area contributed by atoms with Gasteiger partial charge in [0, 0.05) is 25.6 Å². The van der Waals surface area contributed by atoms with Gasteiger partial charge in [-0.25, -0.2) is 0 Å². The third-order valence-corrected chi connectivity index (χ3v) is 2.20. The molecule has 14 heavy (non-hydrogen) atoms. The topological polar surface area (TPSA) is 15.3 Å². The van der Waals surface area contributed by atoms with E-state index in [1.807, 2.05) is 6.92 Å². The lowest BCUT2D eigenvalue weighted by atomic mass is 10.0. The van der Waals surface area contributed by atoms with Crippen molar-refractivity contribution in [2.75, 3.05) is 27.2 Å². The largest absolute Gasteiger partial charge is 0.312 e. The molecule has 0 saturated carbocycles. The fraction of sp³-hybridized carbons (Fsp3) is 0.833. The van der Waals surface area contributed by atoms with Crippen LogP contribution in [0.3, 0.4) is 0 Å². The summed E-state index contributed by atoms with van der Waals surface area (Å²) in [5, 5.41) is 3.54. The fourth-order valence-corrected chi connectivity index (χ4v) is 1.35. The molecular formula is C12H24N2. The fourth-order valence-electron chi connectivity index (χ4n) is 1.35. The summed E-state index contributed by atoms with van der Waals surface area (Å²) >= 11 is 0. The molecule has 0 aromatic carbocycles. The van der Waals surface area contributed by atoms with E-state index in [1.54, 1.807) is 0 Å². The predicted octanol–water partition coefficient (Wildman–Crippen LogP) is 1.58. The van der Waals surface area contributed by atoms with Gasteiger partial charge in [-0.2, -0.15) is 0 Å². The number of likely N-dealkylation sites (N-methyl/N-ethyl adjacent to an activating group) is 1. The minimum Gasteiger partial charge on any atom is -0.312 e. The Morgan fingerprint density at radius 1 is 1.29 bits per heavy atom. The van der Waals surface area contributed by atoms with Crippen molar-refractivity contribution in [2.24, 2.45) is 5.92 Å². The molecule has 82 valence electrons. The van der Waals surface area contributed by atoms with E-state index >= 15 is 0 Å². The second kappa shape index (κ2) is 7.84. The highest BCUT2D eigenvalue weighted by molar-refractivity contribution is 4.95. The van der Waals surface area contributed by atoms with Crippen LogP contribution in [0.1, 0.15) is 27.2 Å². The van der Waals surface area contributed by atoms with E-state index < -0.39 is 0 Å². The van der Waals surface area contributed by atoms with Gasteiger partial charge < -0.3 is 10.2 Å². The van der Waals surface area contributed by atoms with Gasteiger partial charge in [-0.15, -0.1) is 11.8 Å². The van der Waals surface area contributed by atoms with Gasteiger partial charge in [0.15, 0.2) is 0 Å². The normalized spacial score (nSPS) is 12.8. The van der Waals surface area contributed by atoms with Crippen LogP contribution < -0.4 is 5.32 Å². The molecule has 0 aromatic rings. The maximum absolute atomic E-state index is 3.54. The molecule has 0 saturated heterocycles.